The highest BCUT2D eigenvalue weighted by Crippen LogP contribution is 2.26. The lowest BCUT2D eigenvalue weighted by Crippen LogP contribution is -2.43. The van der Waals surface area contributed by atoms with Crippen molar-refractivity contribution >= 4 is 17.5 Å². The van der Waals surface area contributed by atoms with Crippen LogP contribution in [0.5, 0.6) is 0 Å². The highest BCUT2D eigenvalue weighted by Gasteiger charge is 2.38. The Morgan fingerprint density at radius 3 is 2.82 bits per heavy atom. The van der Waals surface area contributed by atoms with E-state index in [0.717, 1.165) is 5.69 Å². The standard InChI is InChI=1S/C14H16N6O2/c1-10-7-12(16-13(21)8-19-9-15-17-18-19)14(22)20(10)11-5-3-2-4-6-11/h2-6,9-10,12H,7-8H2,1H3,(H,16,21)/t10-,12+/m0/s1. The minimum Gasteiger partial charge on any atom is -0.343 e. The van der Waals surface area contributed by atoms with E-state index in [1.54, 1.807) is 4.90 Å². The Morgan fingerprint density at radius 2 is 2.14 bits per heavy atom. The molecule has 1 saturated heterocycles. The van der Waals surface area contributed by atoms with Gasteiger partial charge in [-0.25, -0.2) is 4.68 Å². The summed E-state index contributed by atoms with van der Waals surface area (Å²) < 4.78 is 1.31. The predicted molar refractivity (Wildman–Crippen MR) is 77.8 cm³/mol. The molecule has 0 saturated carbocycles. The second-order valence-electron chi connectivity index (χ2n) is 5.26. The van der Waals surface area contributed by atoms with E-state index in [0.29, 0.717) is 6.42 Å². The summed E-state index contributed by atoms with van der Waals surface area (Å²) in [4.78, 5) is 26.2. The second-order valence-corrected chi connectivity index (χ2v) is 5.26. The van der Waals surface area contributed by atoms with Gasteiger partial charge in [-0.05, 0) is 35.9 Å². The van der Waals surface area contributed by atoms with Gasteiger partial charge in [0.2, 0.25) is 11.8 Å². The average molecular weight is 300 g/mol. The van der Waals surface area contributed by atoms with Crippen molar-refractivity contribution in [3.05, 3.63) is 36.7 Å². The largest absolute Gasteiger partial charge is 0.343 e. The second kappa shape index (κ2) is 5.92. The maximum absolute atomic E-state index is 12.5. The van der Waals surface area contributed by atoms with Crippen LogP contribution in [-0.2, 0) is 16.1 Å². The Morgan fingerprint density at radius 1 is 1.36 bits per heavy atom. The fraction of sp³-hybridized carbons (Fsp3) is 0.357. The Kier molecular flexibility index (Phi) is 3.82. The van der Waals surface area contributed by atoms with E-state index in [1.807, 2.05) is 37.3 Å². The third-order valence-corrected chi connectivity index (χ3v) is 3.62. The predicted octanol–water partition coefficient (Wildman–Crippen LogP) is -0.0167. The zero-order valence-electron chi connectivity index (χ0n) is 12.1. The molecule has 1 aromatic carbocycles. The van der Waals surface area contributed by atoms with Gasteiger partial charge in [-0.1, -0.05) is 18.2 Å². The number of anilines is 1. The number of nitrogens with zero attached hydrogens (tertiary/aromatic N) is 5. The molecule has 2 heterocycles. The normalized spacial score (nSPS) is 21.1. The first-order chi connectivity index (χ1) is 10.6. The number of rotatable bonds is 4. The summed E-state index contributed by atoms with van der Waals surface area (Å²) in [6, 6.07) is 8.98. The molecular weight excluding hydrogens is 284 g/mol. The highest BCUT2D eigenvalue weighted by molar-refractivity contribution is 6.01. The van der Waals surface area contributed by atoms with Crippen LogP contribution in [0.25, 0.3) is 0 Å². The van der Waals surface area contributed by atoms with Crippen LogP contribution in [0.4, 0.5) is 5.69 Å². The van der Waals surface area contributed by atoms with E-state index >= 15 is 0 Å². The highest BCUT2D eigenvalue weighted by atomic mass is 16.2. The molecule has 2 amide bonds. The molecule has 1 N–H and O–H groups in total. The van der Waals surface area contributed by atoms with E-state index in [1.165, 1.54) is 11.0 Å². The number of hydrogen-bond acceptors (Lipinski definition) is 5. The number of carbonyl (C=O) groups is 2. The number of aromatic nitrogens is 4. The van der Waals surface area contributed by atoms with Crippen LogP contribution in [0.3, 0.4) is 0 Å². The first-order valence-corrected chi connectivity index (χ1v) is 7.03. The molecule has 3 rings (SSSR count). The molecule has 0 aliphatic carbocycles. The van der Waals surface area contributed by atoms with Crippen molar-refractivity contribution in [2.45, 2.75) is 32.0 Å². The topological polar surface area (TPSA) is 93.0 Å². The molecule has 0 bridgehead atoms. The molecule has 8 heteroatoms. The number of nitrogens with one attached hydrogen (secondary N) is 1. The molecule has 0 unspecified atom stereocenters. The van der Waals surface area contributed by atoms with Gasteiger partial charge in [-0.15, -0.1) is 5.10 Å². The lowest BCUT2D eigenvalue weighted by molar-refractivity contribution is -0.127. The van der Waals surface area contributed by atoms with E-state index in [2.05, 4.69) is 20.8 Å². The fourth-order valence-electron chi connectivity index (χ4n) is 2.66. The Hall–Kier alpha value is -2.77. The molecule has 0 spiro atoms. The minimum absolute atomic E-state index is 0.00347. The summed E-state index contributed by atoms with van der Waals surface area (Å²) >= 11 is 0. The zero-order chi connectivity index (χ0) is 15.5. The molecule has 2 aromatic rings. The first-order valence-electron chi connectivity index (χ1n) is 7.03. The van der Waals surface area contributed by atoms with Crippen LogP contribution in [0.15, 0.2) is 36.7 Å². The lowest BCUT2D eigenvalue weighted by atomic mass is 10.2. The molecule has 2 atom stereocenters. The molecule has 1 fully saturated rings. The van der Waals surface area contributed by atoms with Crippen molar-refractivity contribution in [1.82, 2.24) is 25.5 Å². The van der Waals surface area contributed by atoms with Crippen molar-refractivity contribution in [2.75, 3.05) is 4.90 Å². The summed E-state index contributed by atoms with van der Waals surface area (Å²) in [5.41, 5.74) is 0.845. The van der Waals surface area contributed by atoms with Gasteiger partial charge in [0.05, 0.1) is 0 Å². The van der Waals surface area contributed by atoms with Gasteiger partial charge in [0.1, 0.15) is 18.9 Å². The van der Waals surface area contributed by atoms with Crippen LogP contribution in [-0.4, -0.2) is 44.1 Å². The molecule has 114 valence electrons. The van der Waals surface area contributed by atoms with Crippen molar-refractivity contribution in [1.29, 1.82) is 0 Å². The Labute approximate surface area is 127 Å². The molecular formula is C14H16N6O2. The summed E-state index contributed by atoms with van der Waals surface area (Å²) in [6.07, 6.45) is 1.93. The quantitative estimate of drug-likeness (QED) is 0.857. The maximum Gasteiger partial charge on any atom is 0.249 e. The Bertz CT molecular complexity index is 657. The van der Waals surface area contributed by atoms with Gasteiger partial charge >= 0.3 is 0 Å². The third-order valence-electron chi connectivity index (χ3n) is 3.62. The number of para-hydroxylation sites is 1. The molecule has 1 aromatic heterocycles. The summed E-state index contributed by atoms with van der Waals surface area (Å²) in [7, 11) is 0. The van der Waals surface area contributed by atoms with Gasteiger partial charge in [0.25, 0.3) is 0 Å². The van der Waals surface area contributed by atoms with E-state index in [-0.39, 0.29) is 24.4 Å². The van der Waals surface area contributed by atoms with Crippen molar-refractivity contribution in [3.63, 3.8) is 0 Å². The van der Waals surface area contributed by atoms with E-state index in [4.69, 9.17) is 0 Å². The average Bonchev–Trinajstić information content (AvgIpc) is 3.09. The third kappa shape index (κ3) is 2.80. The number of tetrazole rings is 1. The van der Waals surface area contributed by atoms with Gasteiger partial charge in [0, 0.05) is 11.7 Å². The van der Waals surface area contributed by atoms with Crippen molar-refractivity contribution in [3.8, 4) is 0 Å². The molecule has 8 nitrogen and oxygen atoms in total. The minimum atomic E-state index is -0.515. The molecule has 1 aliphatic heterocycles. The first kappa shape index (κ1) is 14.2. The fourth-order valence-corrected chi connectivity index (χ4v) is 2.66. The molecule has 1 aliphatic rings. The van der Waals surface area contributed by atoms with Crippen LogP contribution in [0.1, 0.15) is 13.3 Å². The number of carbonyl (C=O) groups excluding carboxylic acids is 2. The molecule has 22 heavy (non-hydrogen) atoms. The summed E-state index contributed by atoms with van der Waals surface area (Å²) in [5.74, 6) is -0.378. The summed E-state index contributed by atoms with van der Waals surface area (Å²) in [6.45, 7) is 1.97. The zero-order valence-corrected chi connectivity index (χ0v) is 12.1. The maximum atomic E-state index is 12.5. The van der Waals surface area contributed by atoms with Crippen molar-refractivity contribution in [2.24, 2.45) is 0 Å². The monoisotopic (exact) mass is 300 g/mol. The van der Waals surface area contributed by atoms with Gasteiger partial charge in [-0.2, -0.15) is 0 Å². The van der Waals surface area contributed by atoms with Crippen molar-refractivity contribution < 1.29 is 9.59 Å². The van der Waals surface area contributed by atoms with E-state index < -0.39 is 6.04 Å². The molecule has 0 radical (unpaired) electrons. The SMILES string of the molecule is C[C@H]1C[C@@H](NC(=O)Cn2cnnn2)C(=O)N1c1ccccc1. The van der Waals surface area contributed by atoms with Crippen LogP contribution in [0.2, 0.25) is 0 Å². The van der Waals surface area contributed by atoms with Gasteiger partial charge in [-0.3, -0.25) is 9.59 Å². The number of hydrogen-bond donors (Lipinski definition) is 1. The van der Waals surface area contributed by atoms with Crippen LogP contribution < -0.4 is 10.2 Å². The van der Waals surface area contributed by atoms with Gasteiger partial charge in [0.15, 0.2) is 0 Å². The van der Waals surface area contributed by atoms with Gasteiger partial charge < -0.3 is 10.2 Å². The van der Waals surface area contributed by atoms with Crippen LogP contribution >= 0.6 is 0 Å². The van der Waals surface area contributed by atoms with Crippen LogP contribution in [0, 0.1) is 0 Å². The number of amides is 2. The smallest absolute Gasteiger partial charge is 0.249 e. The lowest BCUT2D eigenvalue weighted by Gasteiger charge is -2.21. The van der Waals surface area contributed by atoms with E-state index in [9.17, 15) is 9.59 Å². The summed E-state index contributed by atoms with van der Waals surface area (Å²) in [5, 5.41) is 13.3. The number of benzene rings is 1. The Balaban J connectivity index is 1.66.